The minimum Gasteiger partial charge on any atom is -0.437 e. The number of hydrogen-bond donors (Lipinski definition) is 1. The summed E-state index contributed by atoms with van der Waals surface area (Å²) in [7, 11) is 1.09. The highest BCUT2D eigenvalue weighted by Crippen LogP contribution is 2.42. The van der Waals surface area contributed by atoms with Crippen LogP contribution in [-0.4, -0.2) is 18.2 Å². The summed E-state index contributed by atoms with van der Waals surface area (Å²) < 4.78 is 23.9. The van der Waals surface area contributed by atoms with E-state index in [4.69, 9.17) is 16.3 Å². The smallest absolute Gasteiger partial charge is 0.437 e. The molecule has 1 aromatic carbocycles. The number of nitrogens with zero attached hydrogens (tertiary/aromatic N) is 1. The first-order chi connectivity index (χ1) is 11.3. The van der Waals surface area contributed by atoms with Gasteiger partial charge in [-0.25, -0.2) is 9.18 Å². The third-order valence-corrected chi connectivity index (χ3v) is 3.84. The molecule has 0 spiro atoms. The molecule has 0 bridgehead atoms. The van der Waals surface area contributed by atoms with Crippen LogP contribution in [0.4, 0.5) is 9.18 Å². The molecule has 1 unspecified atom stereocenters. The van der Waals surface area contributed by atoms with Crippen LogP contribution >= 0.6 is 11.6 Å². The van der Waals surface area contributed by atoms with Crippen molar-refractivity contribution >= 4 is 17.8 Å². The van der Waals surface area contributed by atoms with Crippen LogP contribution < -0.4 is 5.32 Å². The second kappa shape index (κ2) is 6.88. The third kappa shape index (κ3) is 3.18. The zero-order chi connectivity index (χ0) is 18.0. The van der Waals surface area contributed by atoms with E-state index in [2.05, 4.69) is 10.1 Å². The fraction of sp³-hybridized carbons (Fsp3) is 0.267. The number of nitro groups is 1. The predicted octanol–water partition coefficient (Wildman–Crippen LogP) is 3.69. The van der Waals surface area contributed by atoms with Crippen LogP contribution in [0.15, 0.2) is 41.0 Å². The number of dihydropyridines is 1. The number of allylic oxidation sites excluding steroid dienone is 2. The van der Waals surface area contributed by atoms with Crippen molar-refractivity contribution in [2.45, 2.75) is 19.8 Å². The summed E-state index contributed by atoms with van der Waals surface area (Å²) in [6.45, 7) is 3.01. The van der Waals surface area contributed by atoms with E-state index in [1.807, 2.05) is 0 Å². The molecular formula is C15H14ClFN2O5. The molecule has 0 saturated carbocycles. The van der Waals surface area contributed by atoms with Gasteiger partial charge in [-0.3, -0.25) is 10.1 Å². The molecule has 0 fully saturated rings. The molecule has 24 heavy (non-hydrogen) atoms. The molecule has 1 aliphatic rings. The monoisotopic (exact) mass is 356 g/mol. The van der Waals surface area contributed by atoms with Crippen LogP contribution in [0.1, 0.15) is 25.3 Å². The minimum absolute atomic E-state index is 0.0205. The van der Waals surface area contributed by atoms with Crippen molar-refractivity contribution in [3.63, 3.8) is 0 Å². The van der Waals surface area contributed by atoms with Crippen LogP contribution in [0.25, 0.3) is 0 Å². The third-order valence-electron chi connectivity index (χ3n) is 3.51. The van der Waals surface area contributed by atoms with Crippen LogP contribution in [0.2, 0.25) is 5.02 Å². The van der Waals surface area contributed by atoms with Crippen LogP contribution in [0, 0.1) is 15.9 Å². The second-order valence-electron chi connectivity index (χ2n) is 5.01. The van der Waals surface area contributed by atoms with Gasteiger partial charge in [0.2, 0.25) is 0 Å². The van der Waals surface area contributed by atoms with Gasteiger partial charge in [-0.2, -0.15) is 0 Å². The van der Waals surface area contributed by atoms with Gasteiger partial charge in [-0.15, -0.1) is 0 Å². The van der Waals surface area contributed by atoms with Gasteiger partial charge in [0.15, 0.2) is 0 Å². The number of methoxy groups -OCH3 is 1. The molecule has 1 aromatic rings. The average Bonchev–Trinajstić information content (AvgIpc) is 2.49. The van der Waals surface area contributed by atoms with Gasteiger partial charge in [-0.05, 0) is 26.0 Å². The molecular weight excluding hydrogens is 343 g/mol. The predicted molar refractivity (Wildman–Crippen MR) is 83.2 cm³/mol. The van der Waals surface area contributed by atoms with Crippen molar-refractivity contribution in [1.82, 2.24) is 5.32 Å². The molecule has 0 amide bonds. The number of nitrogens with one attached hydrogen (secondary N) is 1. The van der Waals surface area contributed by atoms with E-state index in [-0.39, 0.29) is 27.7 Å². The number of ether oxygens (including phenoxy) is 2. The fourth-order valence-corrected chi connectivity index (χ4v) is 2.80. The standard InChI is InChI=1S/C15H14ClFN2O5/c1-7-13(19(21)22)12(11-9(16)5-4-6-10(11)17)14(8(2)18-7)24-15(20)23-3/h4-6,12,18H,1-3H3. The molecule has 1 atom stereocenters. The topological polar surface area (TPSA) is 90.7 Å². The Hall–Kier alpha value is -2.61. The van der Waals surface area contributed by atoms with Crippen LogP contribution in [-0.2, 0) is 9.47 Å². The van der Waals surface area contributed by atoms with Crippen molar-refractivity contribution in [2.24, 2.45) is 0 Å². The van der Waals surface area contributed by atoms with Crippen LogP contribution in [0.3, 0.4) is 0 Å². The van der Waals surface area contributed by atoms with E-state index in [1.54, 1.807) is 6.92 Å². The largest absolute Gasteiger partial charge is 0.513 e. The lowest BCUT2D eigenvalue weighted by atomic mass is 9.89. The van der Waals surface area contributed by atoms with Crippen molar-refractivity contribution in [3.05, 3.63) is 67.6 Å². The summed E-state index contributed by atoms with van der Waals surface area (Å²) in [5.41, 5.74) is -0.0108. The molecule has 1 heterocycles. The number of halogens is 2. The van der Waals surface area contributed by atoms with Crippen molar-refractivity contribution in [1.29, 1.82) is 0 Å². The van der Waals surface area contributed by atoms with E-state index in [0.717, 1.165) is 13.2 Å². The van der Waals surface area contributed by atoms with Gasteiger partial charge < -0.3 is 14.8 Å². The number of carbonyl (C=O) groups excluding carboxylic acids is 1. The quantitative estimate of drug-likeness (QED) is 0.504. The summed E-state index contributed by atoms with van der Waals surface area (Å²) in [6, 6.07) is 3.91. The minimum atomic E-state index is -1.30. The molecule has 0 aliphatic carbocycles. The maximum absolute atomic E-state index is 14.4. The van der Waals surface area contributed by atoms with Gasteiger partial charge in [0.05, 0.1) is 23.4 Å². The zero-order valence-corrected chi connectivity index (χ0v) is 13.8. The van der Waals surface area contributed by atoms with Gasteiger partial charge in [0.1, 0.15) is 17.5 Å². The maximum atomic E-state index is 14.4. The Balaban J connectivity index is 2.71. The first kappa shape index (κ1) is 17.7. The Labute approximate surface area is 141 Å². The first-order valence-electron chi connectivity index (χ1n) is 6.80. The lowest BCUT2D eigenvalue weighted by molar-refractivity contribution is -0.431. The van der Waals surface area contributed by atoms with Gasteiger partial charge in [0.25, 0.3) is 5.70 Å². The Morgan fingerprint density at radius 3 is 2.58 bits per heavy atom. The highest BCUT2D eigenvalue weighted by Gasteiger charge is 2.42. The summed E-state index contributed by atoms with van der Waals surface area (Å²) in [5.74, 6) is -2.19. The molecule has 128 valence electrons. The first-order valence-corrected chi connectivity index (χ1v) is 7.18. The molecule has 9 heteroatoms. The Morgan fingerprint density at radius 1 is 1.38 bits per heavy atom. The molecule has 2 rings (SSSR count). The highest BCUT2D eigenvalue weighted by atomic mass is 35.5. The molecule has 1 aliphatic heterocycles. The average molecular weight is 357 g/mol. The van der Waals surface area contributed by atoms with Crippen molar-refractivity contribution in [2.75, 3.05) is 7.11 Å². The lowest BCUT2D eigenvalue weighted by Gasteiger charge is -2.27. The molecule has 1 N–H and O–H groups in total. The molecule has 7 nitrogen and oxygen atoms in total. The normalized spacial score (nSPS) is 17.5. The van der Waals surface area contributed by atoms with Gasteiger partial charge in [-0.1, -0.05) is 17.7 Å². The van der Waals surface area contributed by atoms with E-state index in [0.29, 0.717) is 5.70 Å². The summed E-state index contributed by atoms with van der Waals surface area (Å²) in [6.07, 6.45) is -1.08. The Kier molecular flexibility index (Phi) is 5.08. The molecule has 0 radical (unpaired) electrons. The summed E-state index contributed by atoms with van der Waals surface area (Å²) in [4.78, 5) is 22.4. The number of hydrogen-bond acceptors (Lipinski definition) is 6. The van der Waals surface area contributed by atoms with E-state index in [1.165, 1.54) is 19.1 Å². The van der Waals surface area contributed by atoms with Crippen molar-refractivity contribution < 1.29 is 23.6 Å². The fourth-order valence-electron chi connectivity index (χ4n) is 2.53. The zero-order valence-electron chi connectivity index (χ0n) is 13.1. The second-order valence-corrected chi connectivity index (χ2v) is 5.41. The number of rotatable bonds is 3. The van der Waals surface area contributed by atoms with Gasteiger partial charge in [0, 0.05) is 10.6 Å². The van der Waals surface area contributed by atoms with E-state index in [9.17, 15) is 19.3 Å². The molecule has 0 saturated heterocycles. The van der Waals surface area contributed by atoms with Crippen LogP contribution in [0.5, 0.6) is 0 Å². The van der Waals surface area contributed by atoms with E-state index < -0.39 is 22.8 Å². The SMILES string of the molecule is COC(=O)OC1=C(C)NC(C)=C([N+](=O)[O-])C1c1c(F)cccc1Cl. The number of carbonyl (C=O) groups is 1. The summed E-state index contributed by atoms with van der Waals surface area (Å²) in [5, 5.41) is 14.3. The number of benzene rings is 1. The Bertz CT molecular complexity index is 755. The maximum Gasteiger partial charge on any atom is 0.513 e. The summed E-state index contributed by atoms with van der Waals surface area (Å²) >= 11 is 6.06. The van der Waals surface area contributed by atoms with Crippen molar-refractivity contribution in [3.8, 4) is 0 Å². The van der Waals surface area contributed by atoms with E-state index >= 15 is 0 Å². The van der Waals surface area contributed by atoms with Gasteiger partial charge >= 0.3 is 6.16 Å². The Morgan fingerprint density at radius 2 is 2.04 bits per heavy atom. The highest BCUT2D eigenvalue weighted by molar-refractivity contribution is 6.31. The lowest BCUT2D eigenvalue weighted by Crippen LogP contribution is -2.30. The molecule has 0 aromatic heterocycles.